The topological polar surface area (TPSA) is 55.8 Å². The highest BCUT2D eigenvalue weighted by Crippen LogP contribution is 2.44. The summed E-state index contributed by atoms with van der Waals surface area (Å²) >= 11 is 0. The lowest BCUT2D eigenvalue weighted by atomic mass is 9.89. The summed E-state index contributed by atoms with van der Waals surface area (Å²) in [6, 6.07) is 21.2. The third kappa shape index (κ3) is 15.5. The Balaban J connectivity index is 1.74. The maximum Gasteiger partial charge on any atom is 0.472 e. The maximum atomic E-state index is 12.4. The van der Waals surface area contributed by atoms with E-state index in [0.29, 0.717) is 17.8 Å². The van der Waals surface area contributed by atoms with Crippen LogP contribution in [0, 0.1) is 23.7 Å². The summed E-state index contributed by atoms with van der Waals surface area (Å²) in [6.45, 7) is 9.50. The van der Waals surface area contributed by atoms with Gasteiger partial charge in [-0.05, 0) is 60.5 Å². The summed E-state index contributed by atoms with van der Waals surface area (Å²) < 4.78 is 23.1. The smallest absolute Gasteiger partial charge is 0.302 e. The van der Waals surface area contributed by atoms with E-state index in [1.807, 2.05) is 6.07 Å². The Morgan fingerprint density at radius 3 is 1.76 bits per heavy atom. The van der Waals surface area contributed by atoms with Gasteiger partial charge in [0.05, 0.1) is 13.2 Å². The van der Waals surface area contributed by atoms with Crippen molar-refractivity contribution in [1.29, 1.82) is 0 Å². The average molecular weight is 531 g/mol. The lowest BCUT2D eigenvalue weighted by Crippen LogP contribution is -2.10. The van der Waals surface area contributed by atoms with E-state index in [4.69, 9.17) is 9.05 Å². The van der Waals surface area contributed by atoms with Crippen LogP contribution < -0.4 is 0 Å². The molecule has 208 valence electrons. The first-order valence-corrected chi connectivity index (χ1v) is 15.9. The van der Waals surface area contributed by atoms with E-state index in [1.54, 1.807) is 0 Å². The number of benzene rings is 2. The van der Waals surface area contributed by atoms with Crippen LogP contribution in [0.1, 0.15) is 90.2 Å². The maximum absolute atomic E-state index is 12.4. The van der Waals surface area contributed by atoms with Crippen molar-refractivity contribution in [2.45, 2.75) is 91.9 Å². The van der Waals surface area contributed by atoms with Crippen molar-refractivity contribution in [3.63, 3.8) is 0 Å². The molecule has 0 saturated heterocycles. The van der Waals surface area contributed by atoms with Crippen LogP contribution >= 0.6 is 7.82 Å². The molecule has 2 aromatic carbocycles. The van der Waals surface area contributed by atoms with Crippen LogP contribution in [-0.2, 0) is 26.5 Å². The van der Waals surface area contributed by atoms with Gasteiger partial charge in [-0.25, -0.2) is 4.57 Å². The Bertz CT molecular complexity index is 871. The first-order valence-electron chi connectivity index (χ1n) is 14.4. The third-order valence-corrected chi connectivity index (χ3v) is 8.25. The Labute approximate surface area is 226 Å². The molecule has 0 amide bonds. The highest BCUT2D eigenvalue weighted by atomic mass is 31.2. The van der Waals surface area contributed by atoms with Gasteiger partial charge in [0.25, 0.3) is 0 Å². The SMILES string of the molecule is CC(C)CCCC(C)CCOP(=O)(O)OCCC(CCCC(C)Cc1ccccc1)Cc1ccccc1. The summed E-state index contributed by atoms with van der Waals surface area (Å²) in [7, 11) is -4.01. The second-order valence-electron chi connectivity index (χ2n) is 11.4. The van der Waals surface area contributed by atoms with Crippen LogP contribution in [0.15, 0.2) is 60.7 Å². The van der Waals surface area contributed by atoms with E-state index >= 15 is 0 Å². The number of phosphoric acid groups is 1. The standard InChI is InChI=1S/C32H51O4P/c1-27(2)13-11-14-28(3)21-23-35-37(33,34)36-24-22-32(26-31-18-9-6-10-19-31)20-12-15-29(4)25-30-16-7-5-8-17-30/h5-10,16-19,27-29,32H,11-15,20-26H2,1-4H3,(H,33,34). The van der Waals surface area contributed by atoms with Crippen molar-refractivity contribution in [2.75, 3.05) is 13.2 Å². The van der Waals surface area contributed by atoms with Crippen LogP contribution in [0.3, 0.4) is 0 Å². The van der Waals surface area contributed by atoms with Gasteiger partial charge in [0.1, 0.15) is 0 Å². The van der Waals surface area contributed by atoms with Crippen molar-refractivity contribution < 1.29 is 18.5 Å². The summed E-state index contributed by atoms with van der Waals surface area (Å²) in [5.74, 6) is 2.25. The summed E-state index contributed by atoms with van der Waals surface area (Å²) in [5.41, 5.74) is 2.70. The van der Waals surface area contributed by atoms with Gasteiger partial charge in [0, 0.05) is 0 Å². The quantitative estimate of drug-likeness (QED) is 0.173. The molecule has 37 heavy (non-hydrogen) atoms. The molecular weight excluding hydrogens is 479 g/mol. The van der Waals surface area contributed by atoms with E-state index in [9.17, 15) is 9.46 Å². The molecule has 4 nitrogen and oxygen atoms in total. The molecule has 0 fully saturated rings. The molecule has 0 saturated carbocycles. The van der Waals surface area contributed by atoms with E-state index in [2.05, 4.69) is 82.3 Å². The van der Waals surface area contributed by atoms with Crippen molar-refractivity contribution >= 4 is 7.82 Å². The normalized spacial score (nSPS) is 15.8. The van der Waals surface area contributed by atoms with Crippen molar-refractivity contribution in [1.82, 2.24) is 0 Å². The molecule has 0 aliphatic carbocycles. The Morgan fingerprint density at radius 2 is 1.16 bits per heavy atom. The van der Waals surface area contributed by atoms with Gasteiger partial charge in [-0.15, -0.1) is 0 Å². The number of hydrogen-bond donors (Lipinski definition) is 1. The fourth-order valence-corrected chi connectivity index (χ4v) is 5.68. The average Bonchev–Trinajstić information content (AvgIpc) is 2.84. The van der Waals surface area contributed by atoms with E-state index < -0.39 is 7.82 Å². The Kier molecular flexibility index (Phi) is 15.4. The zero-order chi connectivity index (χ0) is 26.9. The van der Waals surface area contributed by atoms with Gasteiger partial charge in [0.15, 0.2) is 0 Å². The van der Waals surface area contributed by atoms with Crippen LogP contribution in [0.5, 0.6) is 0 Å². The molecule has 0 radical (unpaired) electrons. The van der Waals surface area contributed by atoms with Crippen molar-refractivity contribution in [3.05, 3.63) is 71.8 Å². The molecule has 4 unspecified atom stereocenters. The number of hydrogen-bond acceptors (Lipinski definition) is 3. The Morgan fingerprint density at radius 1 is 0.649 bits per heavy atom. The van der Waals surface area contributed by atoms with Gasteiger partial charge in [-0.2, -0.15) is 0 Å². The summed E-state index contributed by atoms with van der Waals surface area (Å²) in [4.78, 5) is 10.2. The molecule has 1 N–H and O–H groups in total. The molecule has 4 atom stereocenters. The van der Waals surface area contributed by atoms with E-state index in [-0.39, 0.29) is 13.2 Å². The predicted molar refractivity (Wildman–Crippen MR) is 156 cm³/mol. The molecule has 5 heteroatoms. The molecule has 0 aliphatic heterocycles. The lowest BCUT2D eigenvalue weighted by molar-refractivity contribution is 0.134. The number of rotatable bonds is 20. The Hall–Kier alpha value is -1.45. The first-order chi connectivity index (χ1) is 17.7. The molecule has 0 heterocycles. The second kappa shape index (κ2) is 17.9. The highest BCUT2D eigenvalue weighted by molar-refractivity contribution is 7.47. The molecule has 0 aromatic heterocycles. The fraction of sp³-hybridized carbons (Fsp3) is 0.625. The minimum Gasteiger partial charge on any atom is -0.302 e. The van der Waals surface area contributed by atoms with E-state index in [0.717, 1.165) is 50.9 Å². The summed E-state index contributed by atoms with van der Waals surface area (Å²) in [5, 5.41) is 0. The summed E-state index contributed by atoms with van der Waals surface area (Å²) in [6.07, 6.45) is 10.6. The molecule has 0 bridgehead atoms. The van der Waals surface area contributed by atoms with Gasteiger partial charge in [0.2, 0.25) is 0 Å². The molecule has 2 aromatic rings. The van der Waals surface area contributed by atoms with Gasteiger partial charge in [-0.3, -0.25) is 9.05 Å². The monoisotopic (exact) mass is 530 g/mol. The largest absolute Gasteiger partial charge is 0.472 e. The van der Waals surface area contributed by atoms with Gasteiger partial charge >= 0.3 is 7.82 Å². The molecule has 0 aliphatic rings. The third-order valence-electron chi connectivity index (χ3n) is 7.23. The molecule has 0 spiro atoms. The first kappa shape index (κ1) is 31.8. The fourth-order valence-electron chi connectivity index (χ4n) is 4.93. The minimum atomic E-state index is -4.01. The van der Waals surface area contributed by atoms with Crippen LogP contribution in [0.2, 0.25) is 0 Å². The number of phosphoric ester groups is 1. The van der Waals surface area contributed by atoms with Crippen LogP contribution in [-0.4, -0.2) is 18.1 Å². The highest BCUT2D eigenvalue weighted by Gasteiger charge is 2.22. The lowest BCUT2D eigenvalue weighted by Gasteiger charge is -2.20. The second-order valence-corrected chi connectivity index (χ2v) is 12.9. The van der Waals surface area contributed by atoms with Crippen molar-refractivity contribution in [3.8, 4) is 0 Å². The zero-order valence-electron chi connectivity index (χ0n) is 23.7. The minimum absolute atomic E-state index is 0.245. The zero-order valence-corrected chi connectivity index (χ0v) is 24.6. The van der Waals surface area contributed by atoms with E-state index in [1.165, 1.54) is 30.4 Å². The van der Waals surface area contributed by atoms with Gasteiger partial charge in [-0.1, -0.05) is 127 Å². The van der Waals surface area contributed by atoms with Crippen LogP contribution in [0.25, 0.3) is 0 Å². The molecule has 2 rings (SSSR count). The molecular formula is C32H51O4P. The van der Waals surface area contributed by atoms with Crippen LogP contribution in [0.4, 0.5) is 0 Å². The van der Waals surface area contributed by atoms with Crippen molar-refractivity contribution in [2.24, 2.45) is 23.7 Å². The van der Waals surface area contributed by atoms with Gasteiger partial charge < -0.3 is 4.89 Å². The predicted octanol–water partition coefficient (Wildman–Crippen LogP) is 9.27.